The van der Waals surface area contributed by atoms with Crippen LogP contribution in [0.25, 0.3) is 0 Å². The molecule has 1 aliphatic rings. The van der Waals surface area contributed by atoms with Crippen LogP contribution in [0, 0.1) is 12.8 Å². The third-order valence-electron chi connectivity index (χ3n) is 4.93. The maximum Gasteiger partial charge on any atom is 0.311 e. The zero-order valence-corrected chi connectivity index (χ0v) is 17.2. The van der Waals surface area contributed by atoms with Crippen LogP contribution >= 0.6 is 11.6 Å². The van der Waals surface area contributed by atoms with E-state index in [0.29, 0.717) is 10.7 Å². The average Bonchev–Trinajstić information content (AvgIpc) is 3.10. The molecule has 2 aromatic rings. The topological polar surface area (TPSA) is 75.7 Å². The number of halogens is 1. The van der Waals surface area contributed by atoms with E-state index in [4.69, 9.17) is 16.3 Å². The number of carbonyl (C=O) groups is 3. The van der Waals surface area contributed by atoms with Crippen LogP contribution in [0.5, 0.6) is 0 Å². The molecule has 0 spiro atoms. The molecule has 0 aromatic heterocycles. The van der Waals surface area contributed by atoms with E-state index >= 15 is 0 Å². The van der Waals surface area contributed by atoms with E-state index in [2.05, 4.69) is 12.2 Å². The number of hydrogen-bond acceptors (Lipinski definition) is 4. The van der Waals surface area contributed by atoms with Gasteiger partial charge in [0.1, 0.15) is 0 Å². The maximum atomic E-state index is 12.3. The van der Waals surface area contributed by atoms with Gasteiger partial charge in [-0.2, -0.15) is 0 Å². The Kier molecular flexibility index (Phi) is 6.54. The van der Waals surface area contributed by atoms with Crippen LogP contribution in [-0.2, 0) is 25.5 Å². The molecule has 1 N–H and O–H groups in total. The molecule has 152 valence electrons. The first kappa shape index (κ1) is 20.9. The standard InChI is InChI=1S/C22H23ClN2O4/c1-3-15-5-8-18(9-6-15)25-12-16(10-21(25)27)22(28)29-13-20(26)24-19-11-17(23)7-4-14(19)2/h4-9,11,16H,3,10,12-13H2,1-2H3,(H,24,26)/t16-/m1/s1. The minimum atomic E-state index is -0.589. The second kappa shape index (κ2) is 9.09. The summed E-state index contributed by atoms with van der Waals surface area (Å²) in [7, 11) is 0. The summed E-state index contributed by atoms with van der Waals surface area (Å²) in [4.78, 5) is 38.3. The molecule has 7 heteroatoms. The van der Waals surface area contributed by atoms with Crippen molar-refractivity contribution in [1.29, 1.82) is 0 Å². The summed E-state index contributed by atoms with van der Waals surface area (Å²) in [5.74, 6) is -1.73. The van der Waals surface area contributed by atoms with Gasteiger partial charge < -0.3 is 15.0 Å². The Labute approximate surface area is 174 Å². The fraction of sp³-hybridized carbons (Fsp3) is 0.318. The van der Waals surface area contributed by atoms with Gasteiger partial charge >= 0.3 is 5.97 Å². The number of nitrogens with one attached hydrogen (secondary N) is 1. The van der Waals surface area contributed by atoms with Crippen LogP contribution in [0.3, 0.4) is 0 Å². The van der Waals surface area contributed by atoms with Crippen molar-refractivity contribution < 1.29 is 19.1 Å². The lowest BCUT2D eigenvalue weighted by atomic mass is 10.1. The van der Waals surface area contributed by atoms with Gasteiger partial charge in [0, 0.05) is 29.4 Å². The van der Waals surface area contributed by atoms with Crippen molar-refractivity contribution >= 4 is 40.8 Å². The summed E-state index contributed by atoms with van der Waals surface area (Å²) in [5, 5.41) is 3.17. The highest BCUT2D eigenvalue weighted by Gasteiger charge is 2.36. The normalized spacial score (nSPS) is 16.0. The molecule has 29 heavy (non-hydrogen) atoms. The zero-order chi connectivity index (χ0) is 21.0. The minimum Gasteiger partial charge on any atom is -0.455 e. The summed E-state index contributed by atoms with van der Waals surface area (Å²) in [6, 6.07) is 12.8. The van der Waals surface area contributed by atoms with Crippen molar-refractivity contribution in [2.24, 2.45) is 5.92 Å². The van der Waals surface area contributed by atoms with E-state index < -0.39 is 24.4 Å². The van der Waals surface area contributed by atoms with Gasteiger partial charge in [0.25, 0.3) is 5.91 Å². The minimum absolute atomic E-state index is 0.0728. The Morgan fingerprint density at radius 1 is 1.21 bits per heavy atom. The highest BCUT2D eigenvalue weighted by Crippen LogP contribution is 2.26. The first-order valence-electron chi connectivity index (χ1n) is 9.49. The number of anilines is 2. The van der Waals surface area contributed by atoms with Gasteiger partial charge in [-0.3, -0.25) is 14.4 Å². The maximum absolute atomic E-state index is 12.3. The van der Waals surface area contributed by atoms with Crippen LogP contribution in [0.1, 0.15) is 24.5 Å². The third kappa shape index (κ3) is 5.15. The predicted molar refractivity (Wildman–Crippen MR) is 112 cm³/mol. The summed E-state index contributed by atoms with van der Waals surface area (Å²) in [6.45, 7) is 3.73. The van der Waals surface area contributed by atoms with E-state index in [0.717, 1.165) is 17.7 Å². The van der Waals surface area contributed by atoms with Gasteiger partial charge in [0.2, 0.25) is 5.91 Å². The number of esters is 1. The van der Waals surface area contributed by atoms with Gasteiger partial charge in [-0.1, -0.05) is 36.7 Å². The van der Waals surface area contributed by atoms with E-state index in [1.165, 1.54) is 5.56 Å². The number of carbonyl (C=O) groups excluding carboxylic acids is 3. The molecule has 0 aliphatic carbocycles. The molecule has 1 fully saturated rings. The first-order valence-corrected chi connectivity index (χ1v) is 9.87. The Hall–Kier alpha value is -2.86. The Morgan fingerprint density at radius 2 is 1.93 bits per heavy atom. The van der Waals surface area contributed by atoms with Crippen molar-refractivity contribution in [3.8, 4) is 0 Å². The Balaban J connectivity index is 1.53. The summed E-state index contributed by atoms with van der Waals surface area (Å²) < 4.78 is 5.14. The van der Waals surface area contributed by atoms with Crippen molar-refractivity contribution in [2.45, 2.75) is 26.7 Å². The number of benzene rings is 2. The smallest absolute Gasteiger partial charge is 0.311 e. The second-order valence-electron chi connectivity index (χ2n) is 7.04. The van der Waals surface area contributed by atoms with Crippen LogP contribution < -0.4 is 10.2 Å². The number of ether oxygens (including phenoxy) is 1. The van der Waals surface area contributed by atoms with Gasteiger partial charge in [-0.15, -0.1) is 0 Å². The van der Waals surface area contributed by atoms with Crippen LogP contribution in [-0.4, -0.2) is 30.9 Å². The quantitative estimate of drug-likeness (QED) is 0.730. The molecule has 1 atom stereocenters. The molecule has 0 bridgehead atoms. The first-order chi connectivity index (χ1) is 13.9. The lowest BCUT2D eigenvalue weighted by molar-refractivity contribution is -0.151. The fourth-order valence-corrected chi connectivity index (χ4v) is 3.37. The van der Waals surface area contributed by atoms with Crippen LogP contribution in [0.4, 0.5) is 11.4 Å². The van der Waals surface area contributed by atoms with Crippen molar-refractivity contribution in [3.63, 3.8) is 0 Å². The van der Waals surface area contributed by atoms with Gasteiger partial charge in [-0.05, 0) is 48.7 Å². The molecular formula is C22H23ClN2O4. The molecule has 2 aromatic carbocycles. The fourth-order valence-electron chi connectivity index (χ4n) is 3.20. The summed E-state index contributed by atoms with van der Waals surface area (Å²) >= 11 is 5.94. The lowest BCUT2D eigenvalue weighted by Gasteiger charge is -2.17. The van der Waals surface area contributed by atoms with Crippen molar-refractivity contribution in [1.82, 2.24) is 0 Å². The molecule has 1 aliphatic heterocycles. The van der Waals surface area contributed by atoms with E-state index in [9.17, 15) is 14.4 Å². The third-order valence-corrected chi connectivity index (χ3v) is 5.17. The molecule has 6 nitrogen and oxygen atoms in total. The van der Waals surface area contributed by atoms with Crippen molar-refractivity contribution in [3.05, 3.63) is 58.6 Å². The highest BCUT2D eigenvalue weighted by atomic mass is 35.5. The number of hydrogen-bond donors (Lipinski definition) is 1. The van der Waals surface area contributed by atoms with Crippen molar-refractivity contribution in [2.75, 3.05) is 23.4 Å². The number of aryl methyl sites for hydroxylation is 2. The summed E-state index contributed by atoms with van der Waals surface area (Å²) in [5.41, 5.74) is 3.35. The molecular weight excluding hydrogens is 392 g/mol. The molecule has 1 saturated heterocycles. The van der Waals surface area contributed by atoms with E-state index in [1.54, 1.807) is 23.1 Å². The number of nitrogens with zero attached hydrogens (tertiary/aromatic N) is 1. The summed E-state index contributed by atoms with van der Waals surface area (Å²) in [6.07, 6.45) is 0.989. The number of rotatable bonds is 6. The molecule has 0 saturated carbocycles. The van der Waals surface area contributed by atoms with E-state index in [-0.39, 0.29) is 18.9 Å². The highest BCUT2D eigenvalue weighted by molar-refractivity contribution is 6.31. The molecule has 2 amide bonds. The molecule has 0 unspecified atom stereocenters. The Bertz CT molecular complexity index is 927. The van der Waals surface area contributed by atoms with E-state index in [1.807, 2.05) is 31.2 Å². The van der Waals surface area contributed by atoms with Gasteiger partial charge in [-0.25, -0.2) is 0 Å². The molecule has 1 heterocycles. The Morgan fingerprint density at radius 3 is 2.62 bits per heavy atom. The number of amides is 2. The second-order valence-corrected chi connectivity index (χ2v) is 7.48. The predicted octanol–water partition coefficient (Wildman–Crippen LogP) is 3.75. The zero-order valence-electron chi connectivity index (χ0n) is 16.4. The van der Waals surface area contributed by atoms with Gasteiger partial charge in [0.05, 0.1) is 5.92 Å². The SMILES string of the molecule is CCc1ccc(N2C[C@H](C(=O)OCC(=O)Nc3cc(Cl)ccc3C)CC2=O)cc1. The lowest BCUT2D eigenvalue weighted by Crippen LogP contribution is -2.28. The van der Waals surface area contributed by atoms with Crippen LogP contribution in [0.2, 0.25) is 5.02 Å². The average molecular weight is 415 g/mol. The monoisotopic (exact) mass is 414 g/mol. The largest absolute Gasteiger partial charge is 0.455 e. The molecule has 3 rings (SSSR count). The molecule has 0 radical (unpaired) electrons. The van der Waals surface area contributed by atoms with Crippen LogP contribution in [0.15, 0.2) is 42.5 Å². The van der Waals surface area contributed by atoms with Gasteiger partial charge in [0.15, 0.2) is 6.61 Å².